The smallest absolute Gasteiger partial charge is 0.277 e. The quantitative estimate of drug-likeness (QED) is 0.581. The molecule has 1 atom stereocenters. The Morgan fingerprint density at radius 1 is 1.15 bits per heavy atom. The average molecular weight is 448 g/mol. The van der Waals surface area contributed by atoms with Crippen molar-refractivity contribution in [1.29, 1.82) is 0 Å². The van der Waals surface area contributed by atoms with Gasteiger partial charge in [0.05, 0.1) is 5.25 Å². The van der Waals surface area contributed by atoms with Crippen molar-refractivity contribution >= 4 is 39.3 Å². The molecular formula is C18H14BrN3O4S. The number of amides is 1. The molecule has 0 bridgehead atoms. The molecule has 0 spiro atoms. The predicted molar refractivity (Wildman–Crippen MR) is 104 cm³/mol. The van der Waals surface area contributed by atoms with Crippen LogP contribution in [0.5, 0.6) is 11.5 Å². The van der Waals surface area contributed by atoms with Gasteiger partial charge in [-0.2, -0.15) is 0 Å². The van der Waals surface area contributed by atoms with Gasteiger partial charge in [0.2, 0.25) is 18.6 Å². The number of nitrogens with one attached hydrogen (secondary N) is 1. The number of aromatic nitrogens is 2. The van der Waals surface area contributed by atoms with E-state index in [0.29, 0.717) is 22.6 Å². The molecule has 1 aliphatic heterocycles. The molecule has 4 rings (SSSR count). The van der Waals surface area contributed by atoms with E-state index in [1.54, 1.807) is 19.1 Å². The van der Waals surface area contributed by atoms with Crippen molar-refractivity contribution in [3.63, 3.8) is 0 Å². The van der Waals surface area contributed by atoms with E-state index in [1.807, 2.05) is 30.3 Å². The van der Waals surface area contributed by atoms with Gasteiger partial charge < -0.3 is 19.2 Å². The summed E-state index contributed by atoms with van der Waals surface area (Å²) >= 11 is 4.56. The van der Waals surface area contributed by atoms with Crippen LogP contribution < -0.4 is 14.8 Å². The lowest BCUT2D eigenvalue weighted by Crippen LogP contribution is -2.22. The van der Waals surface area contributed by atoms with Crippen molar-refractivity contribution in [2.24, 2.45) is 0 Å². The molecule has 1 N–H and O–H groups in total. The largest absolute Gasteiger partial charge is 0.454 e. The molecule has 1 amide bonds. The SMILES string of the molecule is CC(Sc1nnc(-c2ccc3c(c2)OCO3)o1)C(=O)Nc1ccc(Br)cc1. The summed E-state index contributed by atoms with van der Waals surface area (Å²) in [4.78, 5) is 12.3. The van der Waals surface area contributed by atoms with E-state index in [1.165, 1.54) is 11.8 Å². The van der Waals surface area contributed by atoms with Crippen LogP contribution in [0.2, 0.25) is 0 Å². The first-order valence-electron chi connectivity index (χ1n) is 8.05. The Hall–Kier alpha value is -2.52. The van der Waals surface area contributed by atoms with E-state index in [9.17, 15) is 4.79 Å². The second-order valence-corrected chi connectivity index (χ2v) is 7.91. The summed E-state index contributed by atoms with van der Waals surface area (Å²) in [5.41, 5.74) is 1.45. The maximum Gasteiger partial charge on any atom is 0.277 e. The maximum atomic E-state index is 12.3. The van der Waals surface area contributed by atoms with Gasteiger partial charge in [0.1, 0.15) is 0 Å². The van der Waals surface area contributed by atoms with Crippen LogP contribution in [-0.2, 0) is 4.79 Å². The van der Waals surface area contributed by atoms with Crippen LogP contribution in [0.1, 0.15) is 6.92 Å². The van der Waals surface area contributed by atoms with E-state index in [4.69, 9.17) is 13.9 Å². The Labute approximate surface area is 167 Å². The molecular weight excluding hydrogens is 434 g/mol. The van der Waals surface area contributed by atoms with Gasteiger partial charge >= 0.3 is 0 Å². The lowest BCUT2D eigenvalue weighted by atomic mass is 10.2. The first kappa shape index (κ1) is 17.9. The van der Waals surface area contributed by atoms with Crippen molar-refractivity contribution in [1.82, 2.24) is 10.2 Å². The Bertz CT molecular complexity index is 977. The summed E-state index contributed by atoms with van der Waals surface area (Å²) < 4.78 is 17.3. The van der Waals surface area contributed by atoms with E-state index >= 15 is 0 Å². The summed E-state index contributed by atoms with van der Waals surface area (Å²) in [5, 5.41) is 10.8. The lowest BCUT2D eigenvalue weighted by molar-refractivity contribution is -0.115. The number of halogens is 1. The third kappa shape index (κ3) is 4.09. The summed E-state index contributed by atoms with van der Waals surface area (Å²) in [6.07, 6.45) is 0. The molecule has 27 heavy (non-hydrogen) atoms. The number of thioether (sulfide) groups is 1. The third-order valence-corrected chi connectivity index (χ3v) is 5.25. The van der Waals surface area contributed by atoms with Crippen LogP contribution in [0.3, 0.4) is 0 Å². The second-order valence-electron chi connectivity index (χ2n) is 5.70. The highest BCUT2D eigenvalue weighted by atomic mass is 79.9. The molecule has 2 aromatic carbocycles. The van der Waals surface area contributed by atoms with E-state index in [2.05, 4.69) is 31.4 Å². The zero-order chi connectivity index (χ0) is 18.8. The Kier molecular flexibility index (Phi) is 5.04. The van der Waals surface area contributed by atoms with Gasteiger partial charge in [-0.25, -0.2) is 0 Å². The van der Waals surface area contributed by atoms with Gasteiger partial charge in [0.25, 0.3) is 5.22 Å². The van der Waals surface area contributed by atoms with Crippen molar-refractivity contribution in [3.8, 4) is 23.0 Å². The summed E-state index contributed by atoms with van der Waals surface area (Å²) in [6.45, 7) is 1.98. The molecule has 138 valence electrons. The number of benzene rings is 2. The summed E-state index contributed by atoms with van der Waals surface area (Å²) in [5.74, 6) is 1.54. The molecule has 1 aromatic heterocycles. The fourth-order valence-electron chi connectivity index (χ4n) is 2.39. The number of nitrogens with zero attached hydrogens (tertiary/aromatic N) is 2. The van der Waals surface area contributed by atoms with Gasteiger partial charge in [0, 0.05) is 15.7 Å². The molecule has 2 heterocycles. The zero-order valence-corrected chi connectivity index (χ0v) is 16.5. The Balaban J connectivity index is 1.41. The summed E-state index contributed by atoms with van der Waals surface area (Å²) in [6, 6.07) is 12.8. The fourth-order valence-corrected chi connectivity index (χ4v) is 3.33. The number of anilines is 1. The van der Waals surface area contributed by atoms with E-state index in [0.717, 1.165) is 15.7 Å². The van der Waals surface area contributed by atoms with Crippen LogP contribution in [0.15, 0.2) is 56.6 Å². The number of hydrogen-bond acceptors (Lipinski definition) is 7. The standard InChI is InChI=1S/C18H14BrN3O4S/c1-10(16(23)20-13-5-3-12(19)4-6-13)27-18-22-21-17(26-18)11-2-7-14-15(8-11)25-9-24-14/h2-8,10H,9H2,1H3,(H,20,23). The molecule has 9 heteroatoms. The van der Waals surface area contributed by atoms with Crippen LogP contribution in [0, 0.1) is 0 Å². The highest BCUT2D eigenvalue weighted by molar-refractivity contribution is 9.10. The lowest BCUT2D eigenvalue weighted by Gasteiger charge is -2.09. The van der Waals surface area contributed by atoms with Crippen molar-refractivity contribution in [3.05, 3.63) is 46.9 Å². The second kappa shape index (κ2) is 7.61. The fraction of sp³-hybridized carbons (Fsp3) is 0.167. The Morgan fingerprint density at radius 2 is 1.93 bits per heavy atom. The normalized spacial score (nSPS) is 13.4. The monoisotopic (exact) mass is 447 g/mol. The number of ether oxygens (including phenoxy) is 2. The molecule has 0 fully saturated rings. The number of rotatable bonds is 5. The maximum absolute atomic E-state index is 12.3. The van der Waals surface area contributed by atoms with Gasteiger partial charge in [-0.3, -0.25) is 4.79 Å². The number of hydrogen-bond donors (Lipinski definition) is 1. The van der Waals surface area contributed by atoms with E-state index in [-0.39, 0.29) is 12.7 Å². The van der Waals surface area contributed by atoms with Crippen molar-refractivity contribution in [2.75, 3.05) is 12.1 Å². The van der Waals surface area contributed by atoms with Crippen LogP contribution in [0.25, 0.3) is 11.5 Å². The number of fused-ring (bicyclic) bond motifs is 1. The number of carbonyl (C=O) groups is 1. The molecule has 3 aromatic rings. The molecule has 1 aliphatic rings. The van der Waals surface area contributed by atoms with Crippen LogP contribution >= 0.6 is 27.7 Å². The minimum atomic E-state index is -0.404. The third-order valence-electron chi connectivity index (χ3n) is 3.78. The van der Waals surface area contributed by atoms with Crippen molar-refractivity contribution in [2.45, 2.75) is 17.4 Å². The Morgan fingerprint density at radius 3 is 2.74 bits per heavy atom. The highest BCUT2D eigenvalue weighted by Gasteiger charge is 2.20. The van der Waals surface area contributed by atoms with Gasteiger partial charge in [-0.1, -0.05) is 27.7 Å². The first-order valence-corrected chi connectivity index (χ1v) is 9.72. The van der Waals surface area contributed by atoms with Crippen molar-refractivity contribution < 1.29 is 18.7 Å². The molecule has 7 nitrogen and oxygen atoms in total. The topological polar surface area (TPSA) is 86.5 Å². The average Bonchev–Trinajstić information content (AvgIpc) is 3.32. The molecule has 0 aliphatic carbocycles. The molecule has 0 saturated carbocycles. The first-order chi connectivity index (χ1) is 13.1. The minimum Gasteiger partial charge on any atom is -0.454 e. The zero-order valence-electron chi connectivity index (χ0n) is 14.1. The molecule has 1 unspecified atom stereocenters. The van der Waals surface area contributed by atoms with Gasteiger partial charge in [-0.15, -0.1) is 10.2 Å². The summed E-state index contributed by atoms with van der Waals surface area (Å²) in [7, 11) is 0. The highest BCUT2D eigenvalue weighted by Crippen LogP contribution is 2.36. The van der Waals surface area contributed by atoms with Gasteiger partial charge in [-0.05, 0) is 49.4 Å². The number of carbonyl (C=O) groups excluding carboxylic acids is 1. The minimum absolute atomic E-state index is 0.148. The molecule has 0 radical (unpaired) electrons. The van der Waals surface area contributed by atoms with Gasteiger partial charge in [0.15, 0.2) is 11.5 Å². The predicted octanol–water partition coefficient (Wildman–Crippen LogP) is 4.35. The van der Waals surface area contributed by atoms with Crippen LogP contribution in [-0.4, -0.2) is 28.1 Å². The van der Waals surface area contributed by atoms with Crippen LogP contribution in [0.4, 0.5) is 5.69 Å². The molecule has 0 saturated heterocycles. The van der Waals surface area contributed by atoms with E-state index < -0.39 is 5.25 Å².